The first-order valence-electron chi connectivity index (χ1n) is 27.1. The lowest BCUT2D eigenvalue weighted by Gasteiger charge is -2.41. The van der Waals surface area contributed by atoms with Crippen molar-refractivity contribution < 1.29 is 49.3 Å². The zero-order valence-electron chi connectivity index (χ0n) is 41.9. The molecule has 0 radical (unpaired) electrons. The van der Waals surface area contributed by atoms with Gasteiger partial charge in [0, 0.05) is 6.42 Å². The van der Waals surface area contributed by atoms with E-state index in [9.17, 15) is 35.1 Å². The van der Waals surface area contributed by atoms with Crippen molar-refractivity contribution in [3.05, 3.63) is 24.3 Å². The lowest BCUT2D eigenvalue weighted by Crippen LogP contribution is -2.61. The van der Waals surface area contributed by atoms with E-state index >= 15 is 0 Å². The lowest BCUT2D eigenvalue weighted by atomic mass is 9.99. The molecule has 6 N–H and O–H groups in total. The Kier molecular flexibility index (Phi) is 40.9. The second-order valence-corrected chi connectivity index (χ2v) is 19.0. The first kappa shape index (κ1) is 61.2. The van der Waals surface area contributed by atoms with E-state index in [2.05, 4.69) is 38.2 Å². The van der Waals surface area contributed by atoms with Gasteiger partial charge in [-0.2, -0.15) is 0 Å². The number of unbranched alkanes of at least 4 members (excludes halogenated alkanes) is 29. The van der Waals surface area contributed by atoms with Gasteiger partial charge in [-0.15, -0.1) is 0 Å². The molecular formula is C54H101NO10. The Bertz CT molecular complexity index is 1150. The van der Waals surface area contributed by atoms with Crippen molar-refractivity contribution in [1.29, 1.82) is 0 Å². The van der Waals surface area contributed by atoms with Crippen molar-refractivity contribution in [3.8, 4) is 0 Å². The predicted molar refractivity (Wildman–Crippen MR) is 264 cm³/mol. The van der Waals surface area contributed by atoms with Crippen LogP contribution in [0.4, 0.5) is 0 Å². The van der Waals surface area contributed by atoms with E-state index in [4.69, 9.17) is 14.2 Å². The normalized spacial score (nSPS) is 20.4. The maximum atomic E-state index is 13.3. The number of carbonyl (C=O) groups is 2. The van der Waals surface area contributed by atoms with Crippen LogP contribution in [0, 0.1) is 0 Å². The second-order valence-electron chi connectivity index (χ2n) is 19.0. The number of aliphatic hydroxyl groups excluding tert-OH is 5. The molecule has 0 aromatic heterocycles. The van der Waals surface area contributed by atoms with Crippen molar-refractivity contribution in [2.45, 2.75) is 294 Å². The van der Waals surface area contributed by atoms with Crippen LogP contribution in [-0.4, -0.2) is 99.6 Å². The minimum Gasteiger partial charge on any atom is -0.454 e. The monoisotopic (exact) mass is 924 g/mol. The molecule has 0 aromatic carbocycles. The van der Waals surface area contributed by atoms with E-state index in [1.54, 1.807) is 6.08 Å². The Morgan fingerprint density at radius 2 is 1.02 bits per heavy atom. The average molecular weight is 924 g/mol. The first-order valence-corrected chi connectivity index (χ1v) is 27.1. The van der Waals surface area contributed by atoms with E-state index in [0.717, 1.165) is 57.8 Å². The van der Waals surface area contributed by atoms with Gasteiger partial charge < -0.3 is 45.1 Å². The highest BCUT2D eigenvalue weighted by molar-refractivity contribution is 5.80. The van der Waals surface area contributed by atoms with Gasteiger partial charge in [0.15, 0.2) is 12.4 Å². The van der Waals surface area contributed by atoms with Crippen LogP contribution in [0.3, 0.4) is 0 Å². The van der Waals surface area contributed by atoms with Crippen molar-refractivity contribution in [2.75, 3.05) is 13.2 Å². The molecule has 1 heterocycles. The Labute approximate surface area is 397 Å². The highest BCUT2D eigenvalue weighted by Crippen LogP contribution is 2.26. The molecule has 0 aromatic rings. The lowest BCUT2D eigenvalue weighted by molar-refractivity contribution is -0.305. The molecule has 0 bridgehead atoms. The number of esters is 1. The molecule has 382 valence electrons. The zero-order chi connectivity index (χ0) is 47.6. The molecule has 1 amide bonds. The second kappa shape index (κ2) is 43.4. The molecule has 1 aliphatic heterocycles. The molecule has 8 unspecified atom stereocenters. The summed E-state index contributed by atoms with van der Waals surface area (Å²) in [4.78, 5) is 26.3. The molecule has 1 rings (SSSR count). The fraction of sp³-hybridized carbons (Fsp3) is 0.889. The van der Waals surface area contributed by atoms with Crippen molar-refractivity contribution in [3.63, 3.8) is 0 Å². The quantitative estimate of drug-likeness (QED) is 0.0196. The van der Waals surface area contributed by atoms with Crippen LogP contribution in [0.25, 0.3) is 0 Å². The summed E-state index contributed by atoms with van der Waals surface area (Å²) in [6.07, 6.45) is 36.6. The van der Waals surface area contributed by atoms with Crippen LogP contribution in [0.2, 0.25) is 0 Å². The number of nitrogens with one attached hydrogen (secondary N) is 1. The van der Waals surface area contributed by atoms with Crippen LogP contribution in [0.15, 0.2) is 24.3 Å². The summed E-state index contributed by atoms with van der Waals surface area (Å²) in [5.74, 6) is -1.21. The maximum Gasteiger partial charge on any atom is 0.306 e. The summed E-state index contributed by atoms with van der Waals surface area (Å²) < 4.78 is 17.5. The number of rotatable bonds is 45. The van der Waals surface area contributed by atoms with Crippen molar-refractivity contribution in [2.24, 2.45) is 0 Å². The number of hydrogen-bond donors (Lipinski definition) is 6. The first-order chi connectivity index (χ1) is 31.7. The number of aliphatic hydroxyl groups is 5. The summed E-state index contributed by atoms with van der Waals surface area (Å²) in [6, 6.07) is -1.02. The van der Waals surface area contributed by atoms with Gasteiger partial charge in [0.1, 0.15) is 24.4 Å². The van der Waals surface area contributed by atoms with Gasteiger partial charge in [-0.25, -0.2) is 0 Å². The molecule has 65 heavy (non-hydrogen) atoms. The summed E-state index contributed by atoms with van der Waals surface area (Å²) in [5.41, 5.74) is 0. The molecule has 1 fully saturated rings. The smallest absolute Gasteiger partial charge is 0.306 e. The van der Waals surface area contributed by atoms with Crippen LogP contribution < -0.4 is 5.32 Å². The van der Waals surface area contributed by atoms with Crippen molar-refractivity contribution >= 4 is 11.9 Å². The third kappa shape index (κ3) is 32.5. The average Bonchev–Trinajstić information content (AvgIpc) is 3.30. The molecular weight excluding hydrogens is 823 g/mol. The van der Waals surface area contributed by atoms with Gasteiger partial charge in [0.25, 0.3) is 0 Å². The minimum absolute atomic E-state index is 0.127. The largest absolute Gasteiger partial charge is 0.454 e. The molecule has 1 aliphatic rings. The highest BCUT2D eigenvalue weighted by atomic mass is 16.7. The molecule has 11 heteroatoms. The van der Waals surface area contributed by atoms with Gasteiger partial charge in [0.2, 0.25) is 5.91 Å². The molecule has 0 saturated carbocycles. The summed E-state index contributed by atoms with van der Waals surface area (Å²) in [6.45, 7) is 5.74. The standard InChI is InChI=1S/C54H101NO10/c1-4-7-10-13-16-19-22-24-27-30-33-36-39-42-49(59)65-52-51(61)50(60)48(43-56)64-54(52)63-44-45(46(57)40-37-34-31-28-25-21-18-15-12-9-6-3)55-53(62)47(58)41-38-35-32-29-26-23-20-17-14-11-8-5-2/h26,29,37,40,45-48,50-52,54,56-58,60-61H,4-25,27-28,30-36,38-39,41-44H2,1-3H3,(H,55,62)/b29-26-,40-37+. The van der Waals surface area contributed by atoms with Gasteiger partial charge in [0.05, 0.1) is 25.4 Å². The van der Waals surface area contributed by atoms with Gasteiger partial charge >= 0.3 is 5.97 Å². The Hall–Kier alpha value is -1.86. The molecule has 11 nitrogen and oxygen atoms in total. The number of hydrogen-bond acceptors (Lipinski definition) is 10. The minimum atomic E-state index is -1.61. The van der Waals surface area contributed by atoms with E-state index < -0.39 is 67.4 Å². The molecule has 0 aliphatic carbocycles. The van der Waals surface area contributed by atoms with Gasteiger partial charge in [-0.1, -0.05) is 212 Å². The number of amides is 1. The number of ether oxygens (including phenoxy) is 3. The van der Waals surface area contributed by atoms with Crippen LogP contribution in [0.1, 0.15) is 245 Å². The third-order valence-corrected chi connectivity index (χ3v) is 12.9. The summed E-state index contributed by atoms with van der Waals surface area (Å²) in [5, 5.41) is 56.6. The SMILES string of the molecule is CCCCCCCC/C=C\CCCCC(O)C(=O)NC(COC1OC(CO)C(O)C(O)C1OC(=O)CCCCCCCCCCCCCCC)C(O)/C=C/CCCCCCCCCCC. The maximum absolute atomic E-state index is 13.3. The van der Waals surface area contributed by atoms with E-state index in [1.165, 1.54) is 141 Å². The summed E-state index contributed by atoms with van der Waals surface area (Å²) in [7, 11) is 0. The summed E-state index contributed by atoms with van der Waals surface area (Å²) >= 11 is 0. The number of allylic oxidation sites excluding steroid dienone is 3. The Morgan fingerprint density at radius 1 is 0.585 bits per heavy atom. The van der Waals surface area contributed by atoms with Crippen molar-refractivity contribution in [1.82, 2.24) is 5.32 Å². The third-order valence-electron chi connectivity index (χ3n) is 12.9. The van der Waals surface area contributed by atoms with E-state index in [0.29, 0.717) is 12.8 Å². The van der Waals surface area contributed by atoms with Gasteiger partial charge in [-0.05, 0) is 51.4 Å². The predicted octanol–water partition coefficient (Wildman–Crippen LogP) is 11.4. The highest BCUT2D eigenvalue weighted by Gasteiger charge is 2.47. The van der Waals surface area contributed by atoms with Crippen LogP contribution in [-0.2, 0) is 23.8 Å². The molecule has 8 atom stereocenters. The number of carbonyl (C=O) groups excluding carboxylic acids is 2. The van der Waals surface area contributed by atoms with E-state index in [-0.39, 0.29) is 19.4 Å². The fourth-order valence-electron chi connectivity index (χ4n) is 8.47. The fourth-order valence-corrected chi connectivity index (χ4v) is 8.47. The molecule has 0 spiro atoms. The van der Waals surface area contributed by atoms with E-state index in [1.807, 2.05) is 6.08 Å². The Morgan fingerprint density at radius 3 is 1.49 bits per heavy atom. The zero-order valence-corrected chi connectivity index (χ0v) is 41.9. The van der Waals surface area contributed by atoms with Crippen LogP contribution >= 0.6 is 0 Å². The topological polar surface area (TPSA) is 175 Å². The van der Waals surface area contributed by atoms with Gasteiger partial charge in [-0.3, -0.25) is 9.59 Å². The van der Waals surface area contributed by atoms with Crippen LogP contribution in [0.5, 0.6) is 0 Å². The Balaban J connectivity index is 2.77. The molecule has 1 saturated heterocycles.